The zero-order chi connectivity index (χ0) is 15.6. The third-order valence-electron chi connectivity index (χ3n) is 4.00. The highest BCUT2D eigenvalue weighted by Gasteiger charge is 2.12. The molecular formula is C17H16N4O2. The van der Waals surface area contributed by atoms with Gasteiger partial charge in [0.25, 0.3) is 0 Å². The standard InChI is InChI=1S/C17H16N4O2/c1-22-10-12-2-3-13-14-4-6-18-9-16(14)21(15(13)8-12)7-5-17-19-11-20-23-17/h2-4,6,8-9,11H,5,7,10H2,1H3. The number of rotatable bonds is 5. The summed E-state index contributed by atoms with van der Waals surface area (Å²) in [6.45, 7) is 1.35. The smallest absolute Gasteiger partial charge is 0.228 e. The molecule has 4 rings (SSSR count). The topological polar surface area (TPSA) is 66.0 Å². The Labute approximate surface area is 132 Å². The Morgan fingerprint density at radius 3 is 2.91 bits per heavy atom. The number of hydrogen-bond acceptors (Lipinski definition) is 5. The Morgan fingerprint density at radius 1 is 1.17 bits per heavy atom. The molecule has 0 fully saturated rings. The molecule has 0 saturated heterocycles. The predicted molar refractivity (Wildman–Crippen MR) is 86.0 cm³/mol. The highest BCUT2D eigenvalue weighted by Crippen LogP contribution is 2.29. The first-order chi connectivity index (χ1) is 11.4. The van der Waals surface area contributed by atoms with Gasteiger partial charge in [0, 0.05) is 42.6 Å². The maximum Gasteiger partial charge on any atom is 0.228 e. The van der Waals surface area contributed by atoms with Crippen LogP contribution in [0.1, 0.15) is 11.5 Å². The summed E-state index contributed by atoms with van der Waals surface area (Å²) < 4.78 is 12.6. The van der Waals surface area contributed by atoms with Crippen LogP contribution in [0.5, 0.6) is 0 Å². The quantitative estimate of drug-likeness (QED) is 0.567. The van der Waals surface area contributed by atoms with Crippen LogP contribution >= 0.6 is 0 Å². The van der Waals surface area contributed by atoms with Gasteiger partial charge in [-0.1, -0.05) is 17.3 Å². The van der Waals surface area contributed by atoms with Crippen molar-refractivity contribution in [2.75, 3.05) is 7.11 Å². The van der Waals surface area contributed by atoms with E-state index in [1.54, 1.807) is 7.11 Å². The van der Waals surface area contributed by atoms with E-state index in [-0.39, 0.29) is 0 Å². The Balaban J connectivity index is 1.84. The van der Waals surface area contributed by atoms with Gasteiger partial charge in [-0.15, -0.1) is 0 Å². The van der Waals surface area contributed by atoms with Gasteiger partial charge in [0.15, 0.2) is 6.33 Å². The van der Waals surface area contributed by atoms with Gasteiger partial charge >= 0.3 is 0 Å². The van der Waals surface area contributed by atoms with E-state index >= 15 is 0 Å². The molecule has 0 aliphatic carbocycles. The van der Waals surface area contributed by atoms with Crippen molar-refractivity contribution in [3.8, 4) is 0 Å². The maximum absolute atomic E-state index is 5.25. The molecule has 23 heavy (non-hydrogen) atoms. The van der Waals surface area contributed by atoms with Crippen LogP contribution in [0.4, 0.5) is 0 Å². The molecule has 0 radical (unpaired) electrons. The van der Waals surface area contributed by atoms with Crippen molar-refractivity contribution >= 4 is 21.8 Å². The largest absolute Gasteiger partial charge is 0.380 e. The van der Waals surface area contributed by atoms with Gasteiger partial charge in [0.05, 0.1) is 18.3 Å². The van der Waals surface area contributed by atoms with E-state index in [9.17, 15) is 0 Å². The number of benzene rings is 1. The van der Waals surface area contributed by atoms with Gasteiger partial charge < -0.3 is 13.8 Å². The van der Waals surface area contributed by atoms with Crippen LogP contribution in [-0.2, 0) is 24.3 Å². The normalized spacial score (nSPS) is 11.5. The molecule has 0 bridgehead atoms. The number of methoxy groups -OCH3 is 1. The number of pyridine rings is 1. The number of aryl methyl sites for hydroxylation is 2. The van der Waals surface area contributed by atoms with Crippen molar-refractivity contribution < 1.29 is 9.26 Å². The zero-order valence-corrected chi connectivity index (χ0v) is 12.8. The van der Waals surface area contributed by atoms with E-state index in [1.807, 2.05) is 12.4 Å². The lowest BCUT2D eigenvalue weighted by Gasteiger charge is -2.06. The number of aromatic nitrogens is 4. The average molecular weight is 308 g/mol. The molecule has 0 atom stereocenters. The minimum absolute atomic E-state index is 0.597. The molecule has 0 aliphatic heterocycles. The highest BCUT2D eigenvalue weighted by atomic mass is 16.5. The minimum Gasteiger partial charge on any atom is -0.380 e. The fourth-order valence-electron chi connectivity index (χ4n) is 3.00. The summed E-state index contributed by atoms with van der Waals surface area (Å²) in [6, 6.07) is 8.48. The van der Waals surface area contributed by atoms with Crippen LogP contribution in [0.15, 0.2) is 47.5 Å². The summed E-state index contributed by atoms with van der Waals surface area (Å²) in [7, 11) is 1.71. The summed E-state index contributed by atoms with van der Waals surface area (Å²) in [5, 5.41) is 6.08. The Kier molecular flexibility index (Phi) is 3.51. The molecule has 0 saturated carbocycles. The summed E-state index contributed by atoms with van der Waals surface area (Å²) >= 11 is 0. The van der Waals surface area contributed by atoms with Crippen molar-refractivity contribution in [2.24, 2.45) is 0 Å². The van der Waals surface area contributed by atoms with E-state index in [4.69, 9.17) is 9.26 Å². The van der Waals surface area contributed by atoms with Crippen LogP contribution in [0.2, 0.25) is 0 Å². The van der Waals surface area contributed by atoms with Gasteiger partial charge in [-0.25, -0.2) is 0 Å². The summed E-state index contributed by atoms with van der Waals surface area (Å²) in [6.07, 6.45) is 5.84. The molecule has 6 heteroatoms. The Hall–Kier alpha value is -2.73. The first kappa shape index (κ1) is 13.9. The third kappa shape index (κ3) is 2.47. The molecule has 6 nitrogen and oxygen atoms in total. The van der Waals surface area contributed by atoms with Gasteiger partial charge in [-0.3, -0.25) is 4.98 Å². The second kappa shape index (κ2) is 5.81. The minimum atomic E-state index is 0.597. The maximum atomic E-state index is 5.25. The number of nitrogens with zero attached hydrogens (tertiary/aromatic N) is 4. The van der Waals surface area contributed by atoms with Crippen molar-refractivity contribution in [1.29, 1.82) is 0 Å². The molecule has 0 aliphatic rings. The van der Waals surface area contributed by atoms with Gasteiger partial charge in [-0.2, -0.15) is 4.98 Å². The molecule has 1 aromatic carbocycles. The predicted octanol–water partition coefficient (Wildman–Crippen LogP) is 2.96. The average Bonchev–Trinajstić information content (AvgIpc) is 3.19. The molecular weight excluding hydrogens is 292 g/mol. The van der Waals surface area contributed by atoms with Crippen LogP contribution in [0, 0.1) is 0 Å². The lowest BCUT2D eigenvalue weighted by atomic mass is 10.1. The second-order valence-corrected chi connectivity index (χ2v) is 5.41. The van der Waals surface area contributed by atoms with E-state index < -0.39 is 0 Å². The van der Waals surface area contributed by atoms with Crippen molar-refractivity contribution in [3.63, 3.8) is 0 Å². The highest BCUT2D eigenvalue weighted by molar-refractivity contribution is 6.07. The lowest BCUT2D eigenvalue weighted by molar-refractivity contribution is 0.185. The molecule has 116 valence electrons. The molecule has 0 spiro atoms. The molecule has 0 amide bonds. The number of fused-ring (bicyclic) bond motifs is 3. The first-order valence-corrected chi connectivity index (χ1v) is 7.46. The third-order valence-corrected chi connectivity index (χ3v) is 4.00. The fourth-order valence-corrected chi connectivity index (χ4v) is 3.00. The molecule has 0 N–H and O–H groups in total. The van der Waals surface area contributed by atoms with E-state index in [0.29, 0.717) is 18.9 Å². The van der Waals surface area contributed by atoms with Gasteiger partial charge in [-0.05, 0) is 17.7 Å². The lowest BCUT2D eigenvalue weighted by Crippen LogP contribution is -2.02. The van der Waals surface area contributed by atoms with Crippen LogP contribution in [-0.4, -0.2) is 26.8 Å². The Morgan fingerprint density at radius 2 is 2.09 bits per heavy atom. The van der Waals surface area contributed by atoms with Crippen LogP contribution in [0.25, 0.3) is 21.8 Å². The van der Waals surface area contributed by atoms with Crippen LogP contribution < -0.4 is 0 Å². The summed E-state index contributed by atoms with van der Waals surface area (Å²) in [4.78, 5) is 8.37. The summed E-state index contributed by atoms with van der Waals surface area (Å²) in [5.74, 6) is 0.636. The first-order valence-electron chi connectivity index (χ1n) is 7.46. The number of ether oxygens (including phenoxy) is 1. The molecule has 3 heterocycles. The fraction of sp³-hybridized carbons (Fsp3) is 0.235. The van der Waals surface area contributed by atoms with Crippen molar-refractivity contribution in [1.82, 2.24) is 19.7 Å². The van der Waals surface area contributed by atoms with E-state index in [1.165, 1.54) is 22.6 Å². The van der Waals surface area contributed by atoms with Gasteiger partial charge in [0.1, 0.15) is 0 Å². The zero-order valence-electron chi connectivity index (χ0n) is 12.8. The molecule has 3 aromatic heterocycles. The monoisotopic (exact) mass is 308 g/mol. The van der Waals surface area contributed by atoms with Crippen molar-refractivity contribution in [3.05, 3.63) is 54.4 Å². The van der Waals surface area contributed by atoms with E-state index in [0.717, 1.165) is 17.6 Å². The van der Waals surface area contributed by atoms with Crippen molar-refractivity contribution in [2.45, 2.75) is 19.6 Å². The van der Waals surface area contributed by atoms with Crippen LogP contribution in [0.3, 0.4) is 0 Å². The van der Waals surface area contributed by atoms with E-state index in [2.05, 4.69) is 44.0 Å². The second-order valence-electron chi connectivity index (χ2n) is 5.41. The molecule has 4 aromatic rings. The molecule has 0 unspecified atom stereocenters. The summed E-state index contributed by atoms with van der Waals surface area (Å²) in [5.41, 5.74) is 3.42. The Bertz CT molecular complexity index is 944. The SMILES string of the molecule is COCc1ccc2c3ccncc3n(CCc3ncno3)c2c1. The number of hydrogen-bond donors (Lipinski definition) is 0. The van der Waals surface area contributed by atoms with Gasteiger partial charge in [0.2, 0.25) is 5.89 Å².